The minimum Gasteiger partial charge on any atom is -0.342 e. The van der Waals surface area contributed by atoms with Crippen LogP contribution < -0.4 is 0 Å². The number of nitrogens with zero attached hydrogens (tertiary/aromatic N) is 2. The zero-order valence-corrected chi connectivity index (χ0v) is 13.3. The lowest BCUT2D eigenvalue weighted by molar-refractivity contribution is 0.0764. The second kappa shape index (κ2) is 6.98. The fraction of sp³-hybridized carbons (Fsp3) is 0.643. The van der Waals surface area contributed by atoms with Gasteiger partial charge in [-0.05, 0) is 34.3 Å². The molecular weight excluding hydrogens is 292 g/mol. The molecule has 1 atom stereocenters. The zero-order valence-electron chi connectivity index (χ0n) is 11.7. The molecule has 102 valence electrons. The van der Waals surface area contributed by atoms with Gasteiger partial charge in [0.1, 0.15) is 5.69 Å². The lowest BCUT2D eigenvalue weighted by Gasteiger charge is -2.21. The molecule has 18 heavy (non-hydrogen) atoms. The van der Waals surface area contributed by atoms with Crippen molar-refractivity contribution in [1.29, 1.82) is 0 Å². The van der Waals surface area contributed by atoms with E-state index < -0.39 is 0 Å². The highest BCUT2D eigenvalue weighted by atomic mass is 79.9. The molecule has 0 radical (unpaired) electrons. The predicted octanol–water partition coefficient (Wildman–Crippen LogP) is 3.78. The van der Waals surface area contributed by atoms with E-state index in [1.165, 1.54) is 0 Å². The molecule has 0 aromatic carbocycles. The molecule has 0 spiro atoms. The maximum absolute atomic E-state index is 12.4. The fourth-order valence-corrected chi connectivity index (χ4v) is 2.42. The van der Waals surface area contributed by atoms with Crippen molar-refractivity contribution in [2.24, 2.45) is 5.92 Å². The van der Waals surface area contributed by atoms with Gasteiger partial charge in [0.15, 0.2) is 0 Å². The Morgan fingerprint density at radius 2 is 2.17 bits per heavy atom. The van der Waals surface area contributed by atoms with Crippen molar-refractivity contribution in [3.8, 4) is 0 Å². The Labute approximate surface area is 118 Å². The maximum atomic E-state index is 12.4. The number of halogens is 1. The summed E-state index contributed by atoms with van der Waals surface area (Å²) in [4.78, 5) is 14.2. The standard InChI is InChI=1S/C14H23BrN2O/c1-5-7-17-10-12(15)8-13(17)14(18)16(4)9-11(3)6-2/h8,10-11H,5-7,9H2,1-4H3. The van der Waals surface area contributed by atoms with Crippen LogP contribution in [0.25, 0.3) is 0 Å². The van der Waals surface area contributed by atoms with Crippen molar-refractivity contribution in [2.45, 2.75) is 40.2 Å². The molecule has 0 fully saturated rings. The molecule has 3 nitrogen and oxygen atoms in total. The van der Waals surface area contributed by atoms with E-state index in [0.29, 0.717) is 5.92 Å². The van der Waals surface area contributed by atoms with Gasteiger partial charge < -0.3 is 9.47 Å². The fourth-order valence-electron chi connectivity index (χ4n) is 1.95. The Hall–Kier alpha value is -0.770. The largest absolute Gasteiger partial charge is 0.342 e. The first-order chi connectivity index (χ1) is 8.49. The van der Waals surface area contributed by atoms with E-state index in [1.54, 1.807) is 0 Å². The highest BCUT2D eigenvalue weighted by Crippen LogP contribution is 2.17. The molecule has 0 aliphatic heterocycles. The summed E-state index contributed by atoms with van der Waals surface area (Å²) in [6.07, 6.45) is 4.10. The van der Waals surface area contributed by atoms with Crippen molar-refractivity contribution in [1.82, 2.24) is 9.47 Å². The molecule has 0 saturated carbocycles. The molecule has 4 heteroatoms. The summed E-state index contributed by atoms with van der Waals surface area (Å²) in [6.45, 7) is 8.13. The maximum Gasteiger partial charge on any atom is 0.270 e. The number of hydrogen-bond acceptors (Lipinski definition) is 1. The van der Waals surface area contributed by atoms with Crippen LogP contribution in [0, 0.1) is 5.92 Å². The number of aryl methyl sites for hydroxylation is 1. The van der Waals surface area contributed by atoms with Gasteiger partial charge in [0.25, 0.3) is 5.91 Å². The number of aromatic nitrogens is 1. The van der Waals surface area contributed by atoms with Gasteiger partial charge in [-0.15, -0.1) is 0 Å². The summed E-state index contributed by atoms with van der Waals surface area (Å²) < 4.78 is 3.00. The summed E-state index contributed by atoms with van der Waals surface area (Å²) >= 11 is 3.44. The SMILES string of the molecule is CCCn1cc(Br)cc1C(=O)N(C)CC(C)CC. The summed E-state index contributed by atoms with van der Waals surface area (Å²) in [5, 5.41) is 0. The van der Waals surface area contributed by atoms with Gasteiger partial charge in [0.2, 0.25) is 0 Å². The van der Waals surface area contributed by atoms with Crippen molar-refractivity contribution in [3.05, 3.63) is 22.4 Å². The van der Waals surface area contributed by atoms with Gasteiger partial charge in [-0.2, -0.15) is 0 Å². The molecule has 1 heterocycles. The zero-order chi connectivity index (χ0) is 13.7. The van der Waals surface area contributed by atoms with Crippen LogP contribution in [0.5, 0.6) is 0 Å². The first-order valence-electron chi connectivity index (χ1n) is 6.60. The molecule has 0 bridgehead atoms. The summed E-state index contributed by atoms with van der Waals surface area (Å²) in [5.74, 6) is 0.645. The van der Waals surface area contributed by atoms with E-state index >= 15 is 0 Å². The van der Waals surface area contributed by atoms with Crippen molar-refractivity contribution in [3.63, 3.8) is 0 Å². The molecule has 0 aliphatic rings. The van der Waals surface area contributed by atoms with Crippen LogP contribution in [0.1, 0.15) is 44.1 Å². The Morgan fingerprint density at radius 1 is 1.50 bits per heavy atom. The number of carbonyl (C=O) groups is 1. The van der Waals surface area contributed by atoms with E-state index in [1.807, 2.05) is 28.8 Å². The smallest absolute Gasteiger partial charge is 0.270 e. The second-order valence-corrected chi connectivity index (χ2v) is 5.85. The van der Waals surface area contributed by atoms with Gasteiger partial charge >= 0.3 is 0 Å². The second-order valence-electron chi connectivity index (χ2n) is 4.94. The van der Waals surface area contributed by atoms with Gasteiger partial charge in [-0.25, -0.2) is 0 Å². The Bertz CT molecular complexity index is 400. The highest BCUT2D eigenvalue weighted by molar-refractivity contribution is 9.10. The molecule has 0 saturated heterocycles. The van der Waals surface area contributed by atoms with E-state index in [2.05, 4.69) is 36.7 Å². The summed E-state index contributed by atoms with van der Waals surface area (Å²) in [6, 6.07) is 1.91. The van der Waals surface area contributed by atoms with Gasteiger partial charge in [-0.1, -0.05) is 27.2 Å². The lowest BCUT2D eigenvalue weighted by Crippen LogP contribution is -2.32. The quantitative estimate of drug-likeness (QED) is 0.784. The van der Waals surface area contributed by atoms with E-state index in [9.17, 15) is 4.79 Å². The molecule has 1 aromatic heterocycles. The molecule has 1 aromatic rings. The normalized spacial score (nSPS) is 12.5. The van der Waals surface area contributed by atoms with Crippen LogP contribution >= 0.6 is 15.9 Å². The Balaban J connectivity index is 2.82. The summed E-state index contributed by atoms with van der Waals surface area (Å²) in [5.41, 5.74) is 0.773. The molecular formula is C14H23BrN2O. The van der Waals surface area contributed by atoms with Gasteiger partial charge in [0, 0.05) is 30.8 Å². The van der Waals surface area contributed by atoms with E-state index in [0.717, 1.165) is 36.1 Å². The highest BCUT2D eigenvalue weighted by Gasteiger charge is 2.18. The molecule has 1 unspecified atom stereocenters. The Kier molecular flexibility index (Phi) is 5.93. The molecule has 0 aliphatic carbocycles. The third-order valence-electron chi connectivity index (χ3n) is 3.18. The minimum absolute atomic E-state index is 0.106. The predicted molar refractivity (Wildman–Crippen MR) is 78.8 cm³/mol. The van der Waals surface area contributed by atoms with Crippen LogP contribution in [0.4, 0.5) is 0 Å². The van der Waals surface area contributed by atoms with Crippen LogP contribution in [0.3, 0.4) is 0 Å². The van der Waals surface area contributed by atoms with Crippen molar-refractivity contribution < 1.29 is 4.79 Å². The van der Waals surface area contributed by atoms with Crippen LogP contribution in [0.15, 0.2) is 16.7 Å². The minimum atomic E-state index is 0.106. The molecule has 1 rings (SSSR count). The van der Waals surface area contributed by atoms with Crippen LogP contribution in [0.2, 0.25) is 0 Å². The monoisotopic (exact) mass is 314 g/mol. The average Bonchev–Trinajstić information content (AvgIpc) is 2.69. The lowest BCUT2D eigenvalue weighted by atomic mass is 10.1. The van der Waals surface area contributed by atoms with E-state index in [4.69, 9.17) is 0 Å². The first kappa shape index (κ1) is 15.3. The summed E-state index contributed by atoms with van der Waals surface area (Å²) in [7, 11) is 1.88. The molecule has 0 N–H and O–H groups in total. The number of carbonyl (C=O) groups excluding carboxylic acids is 1. The number of hydrogen-bond donors (Lipinski definition) is 0. The van der Waals surface area contributed by atoms with E-state index in [-0.39, 0.29) is 5.91 Å². The number of amides is 1. The third-order valence-corrected chi connectivity index (χ3v) is 3.61. The Morgan fingerprint density at radius 3 is 2.72 bits per heavy atom. The van der Waals surface area contributed by atoms with Crippen LogP contribution in [-0.2, 0) is 6.54 Å². The van der Waals surface area contributed by atoms with Crippen molar-refractivity contribution in [2.75, 3.05) is 13.6 Å². The topological polar surface area (TPSA) is 25.2 Å². The average molecular weight is 315 g/mol. The molecule has 1 amide bonds. The number of rotatable bonds is 6. The third kappa shape index (κ3) is 3.87. The van der Waals surface area contributed by atoms with Gasteiger partial charge in [0.05, 0.1) is 0 Å². The first-order valence-corrected chi connectivity index (χ1v) is 7.40. The van der Waals surface area contributed by atoms with Crippen LogP contribution in [-0.4, -0.2) is 29.0 Å². The van der Waals surface area contributed by atoms with Gasteiger partial charge in [-0.3, -0.25) is 4.79 Å². The van der Waals surface area contributed by atoms with Crippen molar-refractivity contribution >= 4 is 21.8 Å².